The number of nitrogens with zero attached hydrogens (tertiary/aromatic N) is 2. The molecule has 0 aliphatic rings. The van der Waals surface area contributed by atoms with Crippen LogP contribution in [0.2, 0.25) is 5.02 Å². The molecule has 0 spiro atoms. The first-order valence-corrected chi connectivity index (χ1v) is 7.86. The van der Waals surface area contributed by atoms with Gasteiger partial charge in [0.2, 0.25) is 0 Å². The van der Waals surface area contributed by atoms with Gasteiger partial charge in [-0.15, -0.1) is 0 Å². The van der Waals surface area contributed by atoms with Crippen molar-refractivity contribution in [3.8, 4) is 0 Å². The van der Waals surface area contributed by atoms with Gasteiger partial charge in [0.15, 0.2) is 0 Å². The van der Waals surface area contributed by atoms with E-state index in [9.17, 15) is 0 Å². The number of hydrogen-bond donors (Lipinski definition) is 1. The fourth-order valence-electron chi connectivity index (χ4n) is 2.34. The van der Waals surface area contributed by atoms with Crippen molar-refractivity contribution in [1.82, 2.24) is 15.1 Å². The van der Waals surface area contributed by atoms with Crippen molar-refractivity contribution in [2.75, 3.05) is 6.54 Å². The molecule has 0 bridgehead atoms. The second-order valence-corrected chi connectivity index (χ2v) is 6.13. The minimum Gasteiger partial charge on any atom is -0.310 e. The van der Waals surface area contributed by atoms with Gasteiger partial charge in [-0.3, -0.25) is 4.68 Å². The zero-order valence-electron chi connectivity index (χ0n) is 12.0. The molecule has 1 unspecified atom stereocenters. The Morgan fingerprint density at radius 3 is 2.50 bits per heavy atom. The maximum atomic E-state index is 6.35. The number of likely N-dealkylation sites (N-methyl/N-ethyl adjacent to an activating group) is 1. The van der Waals surface area contributed by atoms with Crippen LogP contribution in [-0.4, -0.2) is 16.3 Å². The molecule has 3 nitrogen and oxygen atoms in total. The highest BCUT2D eigenvalue weighted by Gasteiger charge is 2.17. The Morgan fingerprint density at radius 2 is 2.00 bits per heavy atom. The highest BCUT2D eigenvalue weighted by molar-refractivity contribution is 9.10. The predicted octanol–water partition coefficient (Wildman–Crippen LogP) is 4.04. The molecule has 0 fully saturated rings. The molecule has 2 aromatic rings. The number of rotatable bonds is 5. The molecular weight excluding hydrogens is 338 g/mol. The third kappa shape index (κ3) is 3.43. The topological polar surface area (TPSA) is 29.9 Å². The number of aromatic nitrogens is 2. The Bertz CT molecular complexity index is 578. The molecule has 20 heavy (non-hydrogen) atoms. The normalized spacial score (nSPS) is 12.7. The van der Waals surface area contributed by atoms with Crippen molar-refractivity contribution in [2.24, 2.45) is 7.05 Å². The first-order chi connectivity index (χ1) is 9.52. The van der Waals surface area contributed by atoms with E-state index in [2.05, 4.69) is 57.5 Å². The quantitative estimate of drug-likeness (QED) is 0.876. The predicted molar refractivity (Wildman–Crippen MR) is 87.2 cm³/mol. The van der Waals surface area contributed by atoms with E-state index < -0.39 is 0 Å². The highest BCUT2D eigenvalue weighted by Crippen LogP contribution is 2.26. The third-order valence-electron chi connectivity index (χ3n) is 3.38. The summed E-state index contributed by atoms with van der Waals surface area (Å²) < 4.78 is 2.96. The van der Waals surface area contributed by atoms with Crippen LogP contribution >= 0.6 is 27.5 Å². The number of aryl methyl sites for hydroxylation is 2. The lowest BCUT2D eigenvalue weighted by Crippen LogP contribution is -2.24. The maximum absolute atomic E-state index is 6.35. The van der Waals surface area contributed by atoms with E-state index >= 15 is 0 Å². The Balaban J connectivity index is 2.27. The number of hydrogen-bond acceptors (Lipinski definition) is 2. The van der Waals surface area contributed by atoms with E-state index in [1.54, 1.807) is 0 Å². The van der Waals surface area contributed by atoms with E-state index in [0.29, 0.717) is 0 Å². The molecule has 5 heteroatoms. The summed E-state index contributed by atoms with van der Waals surface area (Å²) in [5.74, 6) is 0. The van der Waals surface area contributed by atoms with Gasteiger partial charge >= 0.3 is 0 Å². The van der Waals surface area contributed by atoms with E-state index in [-0.39, 0.29) is 6.04 Å². The van der Waals surface area contributed by atoms with Crippen LogP contribution in [-0.2, 0) is 13.5 Å². The summed E-state index contributed by atoms with van der Waals surface area (Å²) in [6.07, 6.45) is 0.825. The zero-order chi connectivity index (χ0) is 14.7. The maximum Gasteiger partial charge on any atom is 0.0847 e. The Labute approximate surface area is 133 Å². The smallest absolute Gasteiger partial charge is 0.0847 e. The summed E-state index contributed by atoms with van der Waals surface area (Å²) in [7, 11) is 1.94. The molecular formula is C15H19BrClN3. The lowest BCUT2D eigenvalue weighted by atomic mass is 10.0. The molecule has 2 rings (SSSR count). The van der Waals surface area contributed by atoms with Crippen molar-refractivity contribution < 1.29 is 0 Å². The van der Waals surface area contributed by atoms with Gasteiger partial charge in [0.25, 0.3) is 0 Å². The van der Waals surface area contributed by atoms with Crippen molar-refractivity contribution in [2.45, 2.75) is 26.3 Å². The monoisotopic (exact) mass is 355 g/mol. The minimum atomic E-state index is 0.236. The second kappa shape index (κ2) is 6.74. The number of benzene rings is 1. The van der Waals surface area contributed by atoms with Gasteiger partial charge in [0.05, 0.1) is 16.4 Å². The van der Waals surface area contributed by atoms with Gasteiger partial charge in [-0.25, -0.2) is 0 Å². The molecule has 1 aromatic heterocycles. The van der Waals surface area contributed by atoms with Gasteiger partial charge in [-0.05, 0) is 31.2 Å². The average molecular weight is 357 g/mol. The molecule has 0 saturated carbocycles. The van der Waals surface area contributed by atoms with Crippen LogP contribution in [0.4, 0.5) is 0 Å². The first kappa shape index (κ1) is 15.5. The Morgan fingerprint density at radius 1 is 1.35 bits per heavy atom. The van der Waals surface area contributed by atoms with Gasteiger partial charge in [-0.1, -0.05) is 46.6 Å². The van der Waals surface area contributed by atoms with E-state index in [0.717, 1.165) is 33.8 Å². The lowest BCUT2D eigenvalue weighted by Gasteiger charge is -2.19. The standard InChI is InChI=1S/C15H19BrClN3/c1-4-18-13(11-5-7-12(16)8-6-11)9-14-15(17)10(2)19-20(14)3/h5-8,13,18H,4,9H2,1-3H3. The largest absolute Gasteiger partial charge is 0.310 e. The molecule has 0 aliphatic heterocycles. The summed E-state index contributed by atoms with van der Waals surface area (Å²) in [5.41, 5.74) is 3.21. The van der Waals surface area contributed by atoms with Gasteiger partial charge in [-0.2, -0.15) is 5.10 Å². The molecule has 0 saturated heterocycles. The van der Waals surface area contributed by atoms with Gasteiger partial charge in [0.1, 0.15) is 0 Å². The molecule has 0 radical (unpaired) electrons. The zero-order valence-corrected chi connectivity index (χ0v) is 14.3. The van der Waals surface area contributed by atoms with E-state index in [4.69, 9.17) is 11.6 Å². The molecule has 1 heterocycles. The second-order valence-electron chi connectivity index (χ2n) is 4.84. The molecule has 1 N–H and O–H groups in total. The molecule has 1 aromatic carbocycles. The Kier molecular flexibility index (Phi) is 5.24. The number of halogens is 2. The summed E-state index contributed by atoms with van der Waals surface area (Å²) in [6.45, 7) is 4.96. The molecule has 1 atom stereocenters. The molecule has 108 valence electrons. The highest BCUT2D eigenvalue weighted by atomic mass is 79.9. The summed E-state index contributed by atoms with van der Waals surface area (Å²) in [4.78, 5) is 0. The molecule has 0 aliphatic carbocycles. The summed E-state index contributed by atoms with van der Waals surface area (Å²) in [5, 5.41) is 8.67. The van der Waals surface area contributed by atoms with Crippen LogP contribution in [0.5, 0.6) is 0 Å². The SMILES string of the molecule is CCNC(Cc1c(Cl)c(C)nn1C)c1ccc(Br)cc1. The summed E-state index contributed by atoms with van der Waals surface area (Å²) >= 11 is 9.82. The fourth-order valence-corrected chi connectivity index (χ4v) is 2.85. The Hall–Kier alpha value is -0.840. The molecule has 0 amide bonds. The van der Waals surface area contributed by atoms with E-state index in [1.165, 1.54) is 5.56 Å². The van der Waals surface area contributed by atoms with Gasteiger partial charge in [0, 0.05) is 24.0 Å². The van der Waals surface area contributed by atoms with Crippen LogP contribution in [0.15, 0.2) is 28.7 Å². The van der Waals surface area contributed by atoms with Crippen LogP contribution in [0.1, 0.15) is 29.9 Å². The first-order valence-electron chi connectivity index (χ1n) is 6.69. The average Bonchev–Trinajstić information content (AvgIpc) is 2.65. The summed E-state index contributed by atoms with van der Waals surface area (Å²) in [6, 6.07) is 8.63. The van der Waals surface area contributed by atoms with Crippen molar-refractivity contribution in [3.05, 3.63) is 50.7 Å². The lowest BCUT2D eigenvalue weighted by molar-refractivity contribution is 0.529. The van der Waals surface area contributed by atoms with Crippen molar-refractivity contribution >= 4 is 27.5 Å². The van der Waals surface area contributed by atoms with Crippen LogP contribution < -0.4 is 5.32 Å². The van der Waals surface area contributed by atoms with Crippen molar-refractivity contribution in [1.29, 1.82) is 0 Å². The van der Waals surface area contributed by atoms with Crippen molar-refractivity contribution in [3.63, 3.8) is 0 Å². The van der Waals surface area contributed by atoms with E-state index in [1.807, 2.05) is 18.7 Å². The fraction of sp³-hybridized carbons (Fsp3) is 0.400. The van der Waals surface area contributed by atoms with Crippen LogP contribution in [0.3, 0.4) is 0 Å². The van der Waals surface area contributed by atoms with Crippen LogP contribution in [0, 0.1) is 6.92 Å². The minimum absolute atomic E-state index is 0.236. The van der Waals surface area contributed by atoms with Gasteiger partial charge < -0.3 is 5.32 Å². The third-order valence-corrected chi connectivity index (χ3v) is 4.40. The van der Waals surface area contributed by atoms with Crippen LogP contribution in [0.25, 0.3) is 0 Å². The number of nitrogens with one attached hydrogen (secondary N) is 1.